The summed E-state index contributed by atoms with van der Waals surface area (Å²) in [5.41, 5.74) is -0.482. The Hall–Kier alpha value is -3.99. The molecule has 1 N–H and O–H groups in total. The minimum Gasteiger partial charge on any atom is -0.481 e. The normalized spacial score (nSPS) is 11.0. The molecule has 0 saturated carbocycles. The van der Waals surface area contributed by atoms with E-state index in [-0.39, 0.29) is 44.8 Å². The molecule has 0 saturated heterocycles. The molecule has 10 nitrogen and oxygen atoms in total. The SMILES string of the molecule is COc1ccc([N+](=O)[O-])c(-c2cc(Oc3ccc(S(C)(=O)=O)cc3)cc(C(=O)O)c2)n1. The molecular weight excluding hydrogens is 428 g/mol. The van der Waals surface area contributed by atoms with Gasteiger partial charge >= 0.3 is 5.97 Å². The second-order valence-corrected chi connectivity index (χ2v) is 8.39. The molecule has 1 aromatic heterocycles. The highest BCUT2D eigenvalue weighted by Gasteiger charge is 2.21. The fraction of sp³-hybridized carbons (Fsp3) is 0.100. The van der Waals surface area contributed by atoms with Gasteiger partial charge in [0.05, 0.1) is 22.5 Å². The Labute approximate surface area is 176 Å². The van der Waals surface area contributed by atoms with Crippen LogP contribution in [0.25, 0.3) is 11.3 Å². The Kier molecular flexibility index (Phi) is 5.88. The molecule has 160 valence electrons. The van der Waals surface area contributed by atoms with Crippen molar-refractivity contribution in [3.05, 3.63) is 70.3 Å². The molecule has 0 fully saturated rings. The van der Waals surface area contributed by atoms with Gasteiger partial charge in [-0.05, 0) is 42.5 Å². The van der Waals surface area contributed by atoms with Gasteiger partial charge in [-0.15, -0.1) is 0 Å². The van der Waals surface area contributed by atoms with Gasteiger partial charge in [0.15, 0.2) is 15.5 Å². The Bertz CT molecular complexity index is 1270. The second kappa shape index (κ2) is 8.40. The predicted molar refractivity (Wildman–Crippen MR) is 109 cm³/mol. The third-order valence-electron chi connectivity index (χ3n) is 4.17. The number of benzene rings is 2. The topological polar surface area (TPSA) is 146 Å². The summed E-state index contributed by atoms with van der Waals surface area (Å²) in [6.45, 7) is 0. The predicted octanol–water partition coefficient (Wildman–Crippen LogP) is 3.56. The number of nitrogens with zero attached hydrogens (tertiary/aromatic N) is 2. The maximum Gasteiger partial charge on any atom is 0.335 e. The highest BCUT2D eigenvalue weighted by molar-refractivity contribution is 7.90. The first-order valence-electron chi connectivity index (χ1n) is 8.64. The number of hydrogen-bond acceptors (Lipinski definition) is 8. The third-order valence-corrected chi connectivity index (χ3v) is 5.30. The van der Waals surface area contributed by atoms with E-state index in [4.69, 9.17) is 9.47 Å². The van der Waals surface area contributed by atoms with E-state index in [1.807, 2.05) is 0 Å². The number of aromatic carboxylic acids is 1. The van der Waals surface area contributed by atoms with Gasteiger partial charge in [0.2, 0.25) is 5.88 Å². The zero-order valence-electron chi connectivity index (χ0n) is 16.3. The highest BCUT2D eigenvalue weighted by atomic mass is 32.2. The monoisotopic (exact) mass is 444 g/mol. The highest BCUT2D eigenvalue weighted by Crippen LogP contribution is 2.34. The van der Waals surface area contributed by atoms with Gasteiger partial charge in [-0.1, -0.05) is 0 Å². The van der Waals surface area contributed by atoms with Gasteiger partial charge in [-0.3, -0.25) is 10.1 Å². The minimum atomic E-state index is -3.39. The molecule has 3 rings (SSSR count). The summed E-state index contributed by atoms with van der Waals surface area (Å²) in [6, 6.07) is 11.9. The van der Waals surface area contributed by atoms with Crippen LogP contribution in [-0.4, -0.2) is 42.8 Å². The molecule has 0 aliphatic heterocycles. The lowest BCUT2D eigenvalue weighted by Crippen LogP contribution is -2.01. The Morgan fingerprint density at radius 1 is 1.06 bits per heavy atom. The molecule has 0 aliphatic carbocycles. The van der Waals surface area contributed by atoms with Crippen LogP contribution in [0, 0.1) is 10.1 Å². The Balaban J connectivity index is 2.09. The Morgan fingerprint density at radius 3 is 2.29 bits per heavy atom. The van der Waals surface area contributed by atoms with E-state index >= 15 is 0 Å². The van der Waals surface area contributed by atoms with E-state index in [0.29, 0.717) is 0 Å². The second-order valence-electron chi connectivity index (χ2n) is 6.38. The minimum absolute atomic E-state index is 0.0703. The molecule has 0 unspecified atom stereocenters. The fourth-order valence-corrected chi connectivity index (χ4v) is 3.35. The van der Waals surface area contributed by atoms with Crippen molar-refractivity contribution < 1.29 is 32.7 Å². The van der Waals surface area contributed by atoms with Crippen molar-refractivity contribution >= 4 is 21.5 Å². The molecule has 11 heteroatoms. The summed E-state index contributed by atoms with van der Waals surface area (Å²) in [5, 5.41) is 20.9. The number of ether oxygens (including phenoxy) is 2. The van der Waals surface area contributed by atoms with E-state index < -0.39 is 20.7 Å². The first-order chi connectivity index (χ1) is 14.6. The largest absolute Gasteiger partial charge is 0.481 e. The summed E-state index contributed by atoms with van der Waals surface area (Å²) in [4.78, 5) is 26.6. The van der Waals surface area contributed by atoms with E-state index in [9.17, 15) is 28.4 Å². The van der Waals surface area contributed by atoms with Crippen LogP contribution in [0.1, 0.15) is 10.4 Å². The van der Waals surface area contributed by atoms with Crippen LogP contribution in [0.15, 0.2) is 59.5 Å². The molecule has 0 bridgehead atoms. The van der Waals surface area contributed by atoms with Gasteiger partial charge in [0.1, 0.15) is 11.5 Å². The smallest absolute Gasteiger partial charge is 0.335 e. The Morgan fingerprint density at radius 2 is 1.74 bits per heavy atom. The van der Waals surface area contributed by atoms with E-state index in [2.05, 4.69) is 4.98 Å². The lowest BCUT2D eigenvalue weighted by Gasteiger charge is -2.11. The zero-order valence-corrected chi connectivity index (χ0v) is 17.1. The third kappa shape index (κ3) is 4.95. The van der Waals surface area contributed by atoms with Crippen LogP contribution >= 0.6 is 0 Å². The summed E-state index contributed by atoms with van der Waals surface area (Å²) in [6.07, 6.45) is 1.07. The number of nitro groups is 1. The quantitative estimate of drug-likeness (QED) is 0.427. The van der Waals surface area contributed by atoms with Crippen molar-refractivity contribution in [3.8, 4) is 28.6 Å². The summed E-state index contributed by atoms with van der Waals surface area (Å²) in [5.74, 6) is -0.847. The van der Waals surface area contributed by atoms with Crippen LogP contribution in [0.4, 0.5) is 5.69 Å². The zero-order chi connectivity index (χ0) is 22.8. The molecule has 31 heavy (non-hydrogen) atoms. The number of pyridine rings is 1. The summed E-state index contributed by atoms with van der Waals surface area (Å²) < 4.78 is 33.9. The molecule has 0 spiro atoms. The average Bonchev–Trinajstić information content (AvgIpc) is 2.72. The molecule has 0 atom stereocenters. The molecule has 2 aromatic carbocycles. The van der Waals surface area contributed by atoms with Crippen molar-refractivity contribution in [2.75, 3.05) is 13.4 Å². The molecule has 0 aliphatic rings. The van der Waals surface area contributed by atoms with Crippen molar-refractivity contribution in [1.29, 1.82) is 0 Å². The van der Waals surface area contributed by atoms with Crippen LogP contribution in [0.2, 0.25) is 0 Å². The lowest BCUT2D eigenvalue weighted by molar-refractivity contribution is -0.384. The number of carboxylic acid groups (broad SMARTS) is 1. The summed E-state index contributed by atoms with van der Waals surface area (Å²) >= 11 is 0. The number of sulfone groups is 1. The van der Waals surface area contributed by atoms with Crippen LogP contribution in [0.5, 0.6) is 17.4 Å². The van der Waals surface area contributed by atoms with Gasteiger partial charge in [0.25, 0.3) is 5.69 Å². The van der Waals surface area contributed by atoms with Crippen molar-refractivity contribution in [2.24, 2.45) is 0 Å². The fourth-order valence-electron chi connectivity index (χ4n) is 2.72. The maximum absolute atomic E-state index is 11.6. The van der Waals surface area contributed by atoms with Crippen LogP contribution in [0.3, 0.4) is 0 Å². The van der Waals surface area contributed by atoms with Gasteiger partial charge < -0.3 is 14.6 Å². The molecular formula is C20H16N2O8S. The number of aromatic nitrogens is 1. The van der Waals surface area contributed by atoms with Crippen LogP contribution in [-0.2, 0) is 9.84 Å². The van der Waals surface area contributed by atoms with Crippen molar-refractivity contribution in [3.63, 3.8) is 0 Å². The number of methoxy groups -OCH3 is 1. The lowest BCUT2D eigenvalue weighted by atomic mass is 10.1. The molecule has 0 amide bonds. The van der Waals surface area contributed by atoms with Gasteiger partial charge in [-0.25, -0.2) is 18.2 Å². The molecule has 3 aromatic rings. The number of carbonyl (C=O) groups is 1. The summed E-state index contributed by atoms with van der Waals surface area (Å²) in [7, 11) is -2.04. The number of rotatable bonds is 7. The number of hydrogen-bond donors (Lipinski definition) is 1. The maximum atomic E-state index is 11.6. The van der Waals surface area contributed by atoms with Gasteiger partial charge in [0, 0.05) is 24.0 Å². The average molecular weight is 444 g/mol. The van der Waals surface area contributed by atoms with Crippen LogP contribution < -0.4 is 9.47 Å². The standard InChI is InChI=1S/C20H16N2O8S/c1-29-18-8-7-17(22(25)26)19(21-18)12-9-13(20(23)24)11-15(10-12)30-14-3-5-16(6-4-14)31(2,27)28/h3-11H,1-2H3,(H,23,24). The first-order valence-corrected chi connectivity index (χ1v) is 10.5. The molecule has 1 heterocycles. The van der Waals surface area contributed by atoms with E-state index in [0.717, 1.165) is 6.26 Å². The molecule has 0 radical (unpaired) electrons. The van der Waals surface area contributed by atoms with E-state index in [1.54, 1.807) is 0 Å². The first kappa shape index (κ1) is 21.7. The number of carboxylic acids is 1. The van der Waals surface area contributed by atoms with Crippen molar-refractivity contribution in [1.82, 2.24) is 4.98 Å². The van der Waals surface area contributed by atoms with Crippen molar-refractivity contribution in [2.45, 2.75) is 4.90 Å². The van der Waals surface area contributed by atoms with E-state index in [1.165, 1.54) is 61.7 Å². The van der Waals surface area contributed by atoms with Gasteiger partial charge in [-0.2, -0.15) is 0 Å².